The Morgan fingerprint density at radius 3 is 2.09 bits per heavy atom. The number of nitrogens with two attached hydrogens (primary N) is 1. The Kier molecular flexibility index (Phi) is 11.0. The summed E-state index contributed by atoms with van der Waals surface area (Å²) in [5.41, 5.74) is 6.08. The number of aromatic nitrogens is 1. The number of carboxylic acid groups (broad SMARTS) is 1. The molecule has 4 unspecified atom stereocenters. The standard InChI is InChI=1S/C22H33N5O6/c1-5-13(4)17(27-20(30)16(10-12(2)3)26-22(32)33)18(28)21(31)25-15(19(23)29)11-14-6-8-24-9-7-14/h6-9,12-13,15-17,26H,5,10-11H2,1-4H3,(H2,23,29)(H,25,31)(H,27,30)(H,32,33). The van der Waals surface area contributed by atoms with E-state index in [1.165, 1.54) is 12.4 Å². The number of carbonyl (C=O) groups is 5. The van der Waals surface area contributed by atoms with Crippen LogP contribution in [0.2, 0.25) is 0 Å². The van der Waals surface area contributed by atoms with E-state index in [-0.39, 0.29) is 18.8 Å². The predicted octanol–water partition coefficient (Wildman–Crippen LogP) is 0.377. The van der Waals surface area contributed by atoms with Gasteiger partial charge in [-0.15, -0.1) is 0 Å². The Balaban J connectivity index is 2.99. The molecule has 0 saturated carbocycles. The fraction of sp³-hybridized carbons (Fsp3) is 0.545. The van der Waals surface area contributed by atoms with Crippen LogP contribution in [0.15, 0.2) is 24.5 Å². The van der Waals surface area contributed by atoms with Crippen molar-refractivity contribution < 1.29 is 29.1 Å². The number of hydrogen-bond acceptors (Lipinski definition) is 6. The first-order valence-electron chi connectivity index (χ1n) is 10.8. The summed E-state index contributed by atoms with van der Waals surface area (Å²) in [6.45, 7) is 7.11. The lowest BCUT2D eigenvalue weighted by Gasteiger charge is -2.26. The van der Waals surface area contributed by atoms with Crippen LogP contribution in [0.4, 0.5) is 4.79 Å². The van der Waals surface area contributed by atoms with Gasteiger partial charge in [0.25, 0.3) is 5.91 Å². The molecule has 4 amide bonds. The zero-order chi connectivity index (χ0) is 25.1. The largest absolute Gasteiger partial charge is 0.465 e. The molecule has 0 aliphatic rings. The van der Waals surface area contributed by atoms with E-state index < -0.39 is 53.6 Å². The van der Waals surface area contributed by atoms with Gasteiger partial charge in [-0.05, 0) is 36.0 Å². The third kappa shape index (κ3) is 9.26. The highest BCUT2D eigenvalue weighted by Gasteiger charge is 2.34. The highest BCUT2D eigenvalue weighted by molar-refractivity contribution is 6.38. The van der Waals surface area contributed by atoms with E-state index in [0.717, 1.165) is 0 Å². The summed E-state index contributed by atoms with van der Waals surface area (Å²) in [5, 5.41) is 16.0. The number of carbonyl (C=O) groups excluding carboxylic acids is 4. The lowest BCUT2D eigenvalue weighted by atomic mass is 9.93. The van der Waals surface area contributed by atoms with Crippen LogP contribution in [-0.2, 0) is 25.6 Å². The second-order valence-corrected chi connectivity index (χ2v) is 8.36. The lowest BCUT2D eigenvalue weighted by molar-refractivity contribution is -0.142. The minimum atomic E-state index is -1.37. The molecule has 182 valence electrons. The normalized spacial score (nSPS) is 14.5. The second-order valence-electron chi connectivity index (χ2n) is 8.36. The van der Waals surface area contributed by atoms with E-state index >= 15 is 0 Å². The number of ketones is 1. The summed E-state index contributed by atoms with van der Waals surface area (Å²) in [6.07, 6.45) is 2.40. The van der Waals surface area contributed by atoms with Crippen LogP contribution in [0.1, 0.15) is 46.1 Å². The molecule has 1 rings (SSSR count). The predicted molar refractivity (Wildman–Crippen MR) is 120 cm³/mol. The maximum atomic E-state index is 12.9. The van der Waals surface area contributed by atoms with E-state index in [1.807, 2.05) is 13.8 Å². The molecular weight excluding hydrogens is 430 g/mol. The highest BCUT2D eigenvalue weighted by atomic mass is 16.4. The van der Waals surface area contributed by atoms with Gasteiger partial charge in [0.1, 0.15) is 12.1 Å². The molecule has 33 heavy (non-hydrogen) atoms. The molecule has 0 aliphatic heterocycles. The molecule has 4 atom stereocenters. The fourth-order valence-electron chi connectivity index (χ4n) is 3.16. The summed E-state index contributed by atoms with van der Waals surface area (Å²) in [6, 6.07) is -0.135. The molecule has 1 heterocycles. The molecule has 1 aromatic rings. The van der Waals surface area contributed by atoms with Gasteiger partial charge in [0.15, 0.2) is 0 Å². The van der Waals surface area contributed by atoms with Crippen molar-refractivity contribution in [1.82, 2.24) is 20.9 Å². The Morgan fingerprint density at radius 1 is 1.00 bits per heavy atom. The van der Waals surface area contributed by atoms with Crippen LogP contribution in [0.25, 0.3) is 0 Å². The van der Waals surface area contributed by atoms with Crippen LogP contribution < -0.4 is 21.7 Å². The van der Waals surface area contributed by atoms with Gasteiger partial charge in [-0.1, -0.05) is 34.1 Å². The Morgan fingerprint density at radius 2 is 1.61 bits per heavy atom. The van der Waals surface area contributed by atoms with E-state index in [9.17, 15) is 24.0 Å². The van der Waals surface area contributed by atoms with Gasteiger partial charge in [0, 0.05) is 18.8 Å². The van der Waals surface area contributed by atoms with Crippen molar-refractivity contribution in [1.29, 1.82) is 0 Å². The van der Waals surface area contributed by atoms with E-state index in [1.54, 1.807) is 26.0 Å². The van der Waals surface area contributed by atoms with Crippen LogP contribution in [0.3, 0.4) is 0 Å². The number of nitrogens with one attached hydrogen (secondary N) is 3. The third-order valence-corrected chi connectivity index (χ3v) is 5.18. The van der Waals surface area contributed by atoms with Gasteiger partial charge < -0.3 is 26.8 Å². The molecule has 0 spiro atoms. The SMILES string of the molecule is CCC(C)C(NC(=O)C(CC(C)C)NC(=O)O)C(=O)C(=O)NC(Cc1ccncc1)C(N)=O. The van der Waals surface area contributed by atoms with Crippen LogP contribution in [-0.4, -0.2) is 57.8 Å². The zero-order valence-corrected chi connectivity index (χ0v) is 19.3. The highest BCUT2D eigenvalue weighted by Crippen LogP contribution is 2.12. The molecule has 0 fully saturated rings. The van der Waals surface area contributed by atoms with Crippen molar-refractivity contribution in [2.45, 2.75) is 65.1 Å². The molecule has 0 bridgehead atoms. The summed E-state index contributed by atoms with van der Waals surface area (Å²) < 4.78 is 0. The number of nitrogens with zero attached hydrogens (tertiary/aromatic N) is 1. The average Bonchev–Trinajstić information content (AvgIpc) is 2.75. The van der Waals surface area contributed by atoms with Crippen LogP contribution in [0, 0.1) is 11.8 Å². The molecule has 1 aromatic heterocycles. The topological polar surface area (TPSA) is 181 Å². The summed E-state index contributed by atoms with van der Waals surface area (Å²) in [5.74, 6) is -3.97. The van der Waals surface area contributed by atoms with Crippen LogP contribution >= 0.6 is 0 Å². The molecule has 0 aliphatic carbocycles. The quantitative estimate of drug-likeness (QED) is 0.262. The van der Waals surface area contributed by atoms with Crippen molar-refractivity contribution in [2.24, 2.45) is 17.6 Å². The van der Waals surface area contributed by atoms with Crippen LogP contribution in [0.5, 0.6) is 0 Å². The van der Waals surface area contributed by atoms with Crippen molar-refractivity contribution >= 4 is 29.6 Å². The number of primary amides is 1. The molecule has 11 heteroatoms. The third-order valence-electron chi connectivity index (χ3n) is 5.18. The first-order valence-corrected chi connectivity index (χ1v) is 10.8. The van der Waals surface area contributed by atoms with Gasteiger partial charge in [-0.3, -0.25) is 24.2 Å². The van der Waals surface area contributed by atoms with E-state index in [4.69, 9.17) is 10.8 Å². The van der Waals surface area contributed by atoms with Crippen molar-refractivity contribution in [3.8, 4) is 0 Å². The van der Waals surface area contributed by atoms with Crippen molar-refractivity contribution in [3.63, 3.8) is 0 Å². The molecule has 11 nitrogen and oxygen atoms in total. The first-order chi connectivity index (χ1) is 15.5. The monoisotopic (exact) mass is 463 g/mol. The molecular formula is C22H33N5O6. The van der Waals surface area contributed by atoms with Gasteiger partial charge >= 0.3 is 6.09 Å². The number of rotatable bonds is 13. The van der Waals surface area contributed by atoms with E-state index in [2.05, 4.69) is 20.9 Å². The van der Waals surface area contributed by atoms with Crippen molar-refractivity contribution in [2.75, 3.05) is 0 Å². The fourth-order valence-corrected chi connectivity index (χ4v) is 3.16. The summed E-state index contributed by atoms with van der Waals surface area (Å²) >= 11 is 0. The molecule has 0 aromatic carbocycles. The maximum Gasteiger partial charge on any atom is 0.405 e. The lowest BCUT2D eigenvalue weighted by Crippen LogP contribution is -2.57. The minimum Gasteiger partial charge on any atom is -0.465 e. The second kappa shape index (κ2) is 13.1. The number of hydrogen-bond donors (Lipinski definition) is 5. The number of Topliss-reactive ketones (excluding diaryl/α,β-unsaturated/α-hetero) is 1. The molecule has 6 N–H and O–H groups in total. The average molecular weight is 464 g/mol. The van der Waals surface area contributed by atoms with Crippen molar-refractivity contribution in [3.05, 3.63) is 30.1 Å². The summed E-state index contributed by atoms with van der Waals surface area (Å²) in [7, 11) is 0. The minimum absolute atomic E-state index is 0.00170. The Labute approximate surface area is 192 Å². The van der Waals surface area contributed by atoms with Gasteiger partial charge in [-0.2, -0.15) is 0 Å². The summed E-state index contributed by atoms with van der Waals surface area (Å²) in [4.78, 5) is 65.1. The van der Waals surface area contributed by atoms with Gasteiger partial charge in [0.2, 0.25) is 17.6 Å². The maximum absolute atomic E-state index is 12.9. The smallest absolute Gasteiger partial charge is 0.405 e. The number of pyridine rings is 1. The first kappa shape index (κ1) is 27.5. The number of amides is 4. The van der Waals surface area contributed by atoms with Gasteiger partial charge in [-0.25, -0.2) is 4.79 Å². The van der Waals surface area contributed by atoms with E-state index in [0.29, 0.717) is 12.0 Å². The Bertz CT molecular complexity index is 845. The zero-order valence-electron chi connectivity index (χ0n) is 19.3. The molecule has 0 saturated heterocycles. The Hall–Kier alpha value is -3.50. The molecule has 0 radical (unpaired) electrons. The van der Waals surface area contributed by atoms with Gasteiger partial charge in [0.05, 0.1) is 6.04 Å².